The van der Waals surface area contributed by atoms with Gasteiger partial charge in [0.05, 0.1) is 17.7 Å². The van der Waals surface area contributed by atoms with Gasteiger partial charge in [0.25, 0.3) is 0 Å². The highest BCUT2D eigenvalue weighted by Crippen LogP contribution is 2.31. The Morgan fingerprint density at radius 1 is 1.08 bits per heavy atom. The molecule has 1 aliphatic heterocycles. The fraction of sp³-hybridized carbons (Fsp3) is 0.200. The number of pyridine rings is 1. The van der Waals surface area contributed by atoms with Crippen molar-refractivity contribution in [1.82, 2.24) is 4.57 Å². The fourth-order valence-electron chi connectivity index (χ4n) is 3.32. The van der Waals surface area contributed by atoms with Crippen molar-refractivity contribution < 1.29 is 14.5 Å². The Bertz CT molecular complexity index is 853. The average Bonchev–Trinajstić information content (AvgIpc) is 3.19. The lowest BCUT2D eigenvalue weighted by Crippen LogP contribution is -2.33. The van der Waals surface area contributed by atoms with Gasteiger partial charge in [-0.15, -0.1) is 0 Å². The summed E-state index contributed by atoms with van der Waals surface area (Å²) in [5.41, 5.74) is 2.69. The molecule has 0 bridgehead atoms. The molecule has 4 nitrogen and oxygen atoms in total. The number of carbonyl (C=O) groups is 1. The molecule has 3 heterocycles. The number of aliphatic hydroxyl groups is 1. The van der Waals surface area contributed by atoms with Gasteiger partial charge in [-0.1, -0.05) is 30.3 Å². The number of benzene rings is 1. The lowest BCUT2D eigenvalue weighted by atomic mass is 9.93. The van der Waals surface area contributed by atoms with Gasteiger partial charge in [-0.25, -0.2) is 4.57 Å². The minimum Gasteiger partial charge on any atom is -0.388 e. The molecule has 2 aromatic heterocycles. The number of Topliss-reactive ketones (excluding diaryl/α,β-unsaturated/α-hetero) is 1. The summed E-state index contributed by atoms with van der Waals surface area (Å²) in [6.45, 7) is 1.33. The number of hydrogen-bond acceptors (Lipinski definition) is 2. The summed E-state index contributed by atoms with van der Waals surface area (Å²) in [6, 6.07) is 17.7. The maximum Gasteiger partial charge on any atom is 0.187 e. The van der Waals surface area contributed by atoms with Crippen molar-refractivity contribution in [3.63, 3.8) is 0 Å². The molecule has 4 rings (SSSR count). The highest BCUT2D eigenvalue weighted by Gasteiger charge is 2.36. The van der Waals surface area contributed by atoms with Crippen molar-refractivity contribution in [3.8, 4) is 0 Å². The van der Waals surface area contributed by atoms with E-state index >= 15 is 0 Å². The molecule has 0 saturated carbocycles. The van der Waals surface area contributed by atoms with Gasteiger partial charge in [0.15, 0.2) is 24.7 Å². The zero-order chi connectivity index (χ0) is 16.5. The van der Waals surface area contributed by atoms with Gasteiger partial charge in [0.1, 0.15) is 0 Å². The first-order chi connectivity index (χ1) is 11.7. The minimum absolute atomic E-state index is 0.0218. The molecular weight excluding hydrogens is 300 g/mol. The van der Waals surface area contributed by atoms with E-state index in [1.54, 1.807) is 0 Å². The summed E-state index contributed by atoms with van der Waals surface area (Å²) in [5.74, 6) is -0.375. The van der Waals surface area contributed by atoms with Crippen LogP contribution in [0.15, 0.2) is 73.2 Å². The summed E-state index contributed by atoms with van der Waals surface area (Å²) in [4.78, 5) is 12.4. The number of fused-ring (bicyclic) bond motifs is 1. The third kappa shape index (κ3) is 2.65. The first kappa shape index (κ1) is 14.8. The third-order valence-electron chi connectivity index (χ3n) is 4.66. The number of aliphatic hydroxyl groups excluding tert-OH is 1. The Labute approximate surface area is 140 Å². The van der Waals surface area contributed by atoms with E-state index in [0.29, 0.717) is 12.2 Å². The van der Waals surface area contributed by atoms with Crippen LogP contribution in [0.2, 0.25) is 0 Å². The van der Waals surface area contributed by atoms with E-state index in [1.807, 2.05) is 65.6 Å². The number of hydrogen-bond donors (Lipinski definition) is 1. The molecule has 0 spiro atoms. The Balaban J connectivity index is 1.49. The molecular formula is C20H19N2O2+. The summed E-state index contributed by atoms with van der Waals surface area (Å²) >= 11 is 0. The van der Waals surface area contributed by atoms with Gasteiger partial charge in [-0.2, -0.15) is 0 Å². The van der Waals surface area contributed by atoms with Crippen molar-refractivity contribution >= 4 is 5.78 Å². The second-order valence-corrected chi connectivity index (χ2v) is 6.25. The van der Waals surface area contributed by atoms with Crippen LogP contribution in [0.1, 0.15) is 27.7 Å². The lowest BCUT2D eigenvalue weighted by molar-refractivity contribution is -0.688. The first-order valence-electron chi connectivity index (χ1n) is 8.13. The van der Waals surface area contributed by atoms with Crippen LogP contribution in [-0.4, -0.2) is 15.5 Å². The predicted molar refractivity (Wildman–Crippen MR) is 89.4 cm³/mol. The highest BCUT2D eigenvalue weighted by molar-refractivity contribution is 5.98. The standard InChI is InChI=1S/C20H19N2O2/c23-19(17-14-22-10-4-7-18(22)20(17)24)16-8-11-21(12-9-16)13-15-5-2-1-3-6-15/h1-12,17,19,23H,13-14H2/q+1/t17-,19+/m1/s1. The van der Waals surface area contributed by atoms with Gasteiger partial charge < -0.3 is 9.67 Å². The number of carbonyl (C=O) groups excluding carboxylic acids is 1. The Kier molecular flexibility index (Phi) is 3.75. The van der Waals surface area contributed by atoms with Crippen LogP contribution < -0.4 is 4.57 Å². The van der Waals surface area contributed by atoms with Gasteiger partial charge in [0, 0.05) is 30.4 Å². The second-order valence-electron chi connectivity index (χ2n) is 6.25. The van der Waals surface area contributed by atoms with E-state index in [-0.39, 0.29) is 5.78 Å². The number of ketones is 1. The van der Waals surface area contributed by atoms with Crippen LogP contribution >= 0.6 is 0 Å². The molecule has 0 unspecified atom stereocenters. The van der Waals surface area contributed by atoms with Crippen molar-refractivity contribution in [2.75, 3.05) is 0 Å². The van der Waals surface area contributed by atoms with E-state index in [0.717, 1.165) is 12.1 Å². The van der Waals surface area contributed by atoms with Crippen molar-refractivity contribution in [3.05, 3.63) is 90.0 Å². The van der Waals surface area contributed by atoms with Crippen LogP contribution in [-0.2, 0) is 13.1 Å². The minimum atomic E-state index is -0.774. The number of aromatic nitrogens is 2. The molecule has 0 saturated heterocycles. The van der Waals surface area contributed by atoms with Crippen molar-refractivity contribution in [2.24, 2.45) is 5.92 Å². The summed E-state index contributed by atoms with van der Waals surface area (Å²) in [5, 5.41) is 10.6. The molecule has 4 heteroatoms. The highest BCUT2D eigenvalue weighted by atomic mass is 16.3. The molecule has 0 amide bonds. The molecule has 2 atom stereocenters. The molecule has 1 aromatic carbocycles. The molecule has 120 valence electrons. The molecule has 0 radical (unpaired) electrons. The maximum atomic E-state index is 12.4. The molecule has 24 heavy (non-hydrogen) atoms. The van der Waals surface area contributed by atoms with Crippen LogP contribution in [0.4, 0.5) is 0 Å². The Morgan fingerprint density at radius 3 is 2.54 bits per heavy atom. The quantitative estimate of drug-likeness (QED) is 0.751. The zero-order valence-electron chi connectivity index (χ0n) is 13.2. The number of nitrogens with zero attached hydrogens (tertiary/aromatic N) is 2. The third-order valence-corrected chi connectivity index (χ3v) is 4.66. The predicted octanol–water partition coefficient (Wildman–Crippen LogP) is 2.37. The smallest absolute Gasteiger partial charge is 0.187 e. The van der Waals surface area contributed by atoms with Crippen LogP contribution in [0.25, 0.3) is 0 Å². The van der Waals surface area contributed by atoms with E-state index in [9.17, 15) is 9.90 Å². The SMILES string of the molecule is O=C1c2cccn2C[C@@H]1[C@@H](O)c1cc[n+](Cc2ccccc2)cc1. The van der Waals surface area contributed by atoms with Crippen molar-refractivity contribution in [1.29, 1.82) is 0 Å². The van der Waals surface area contributed by atoms with Crippen LogP contribution in [0.3, 0.4) is 0 Å². The fourth-order valence-corrected chi connectivity index (χ4v) is 3.32. The molecule has 0 fully saturated rings. The first-order valence-corrected chi connectivity index (χ1v) is 8.13. The molecule has 1 N–H and O–H groups in total. The maximum absolute atomic E-state index is 12.4. The lowest BCUT2D eigenvalue weighted by Gasteiger charge is -2.16. The van der Waals surface area contributed by atoms with Gasteiger partial charge in [-0.3, -0.25) is 4.79 Å². The van der Waals surface area contributed by atoms with Crippen LogP contribution in [0.5, 0.6) is 0 Å². The van der Waals surface area contributed by atoms with E-state index in [2.05, 4.69) is 16.7 Å². The summed E-state index contributed by atoms with van der Waals surface area (Å²) in [7, 11) is 0. The monoisotopic (exact) mass is 319 g/mol. The summed E-state index contributed by atoms with van der Waals surface area (Å²) in [6.07, 6.45) is 5.01. The average molecular weight is 319 g/mol. The largest absolute Gasteiger partial charge is 0.388 e. The molecule has 0 aliphatic carbocycles. The molecule has 3 aromatic rings. The van der Waals surface area contributed by atoms with Crippen LogP contribution in [0, 0.1) is 5.92 Å². The van der Waals surface area contributed by atoms with Gasteiger partial charge >= 0.3 is 0 Å². The van der Waals surface area contributed by atoms with Gasteiger partial charge in [0.2, 0.25) is 0 Å². The molecule has 1 aliphatic rings. The van der Waals surface area contributed by atoms with Crippen molar-refractivity contribution in [2.45, 2.75) is 19.2 Å². The Hall–Kier alpha value is -2.72. The van der Waals surface area contributed by atoms with E-state index in [4.69, 9.17) is 0 Å². The zero-order valence-corrected chi connectivity index (χ0v) is 13.2. The number of rotatable bonds is 4. The second kappa shape index (κ2) is 6.06. The van der Waals surface area contributed by atoms with E-state index in [1.165, 1.54) is 5.56 Å². The normalized spacial score (nSPS) is 17.7. The topological polar surface area (TPSA) is 46.1 Å². The Morgan fingerprint density at radius 2 is 1.83 bits per heavy atom. The summed E-state index contributed by atoms with van der Waals surface area (Å²) < 4.78 is 3.97. The van der Waals surface area contributed by atoms with E-state index < -0.39 is 12.0 Å². The van der Waals surface area contributed by atoms with Gasteiger partial charge in [-0.05, 0) is 17.7 Å².